The molecule has 3 aliphatic rings. The van der Waals surface area contributed by atoms with Gasteiger partial charge in [-0.1, -0.05) is 31.0 Å². The Hall–Kier alpha value is -3.10. The lowest BCUT2D eigenvalue weighted by Crippen LogP contribution is -2.64. The van der Waals surface area contributed by atoms with Crippen LogP contribution in [0.25, 0.3) is 0 Å². The molecule has 1 aromatic rings. The van der Waals surface area contributed by atoms with Crippen molar-refractivity contribution < 1.29 is 19.2 Å². The molecule has 2 aliphatic heterocycles. The normalized spacial score (nSPS) is 26.6. The summed E-state index contributed by atoms with van der Waals surface area (Å²) in [6.45, 7) is 1.74. The number of nitrogens with one attached hydrogen (secondary N) is 2. The van der Waals surface area contributed by atoms with E-state index in [0.29, 0.717) is 5.69 Å². The van der Waals surface area contributed by atoms with E-state index in [0.717, 1.165) is 31.2 Å². The number of carbonyl (C=O) groups excluding carboxylic acids is 4. The number of carbonyl (C=O) groups is 4. The van der Waals surface area contributed by atoms with Crippen LogP contribution < -0.4 is 15.5 Å². The monoisotopic (exact) mass is 455 g/mol. The number of hydrogen-bond acceptors (Lipinski definition) is 4. The van der Waals surface area contributed by atoms with E-state index in [4.69, 9.17) is 0 Å². The molecule has 33 heavy (non-hydrogen) atoms. The predicted molar refractivity (Wildman–Crippen MR) is 124 cm³/mol. The number of amides is 5. The first kappa shape index (κ1) is 23.1. The second-order valence-electron chi connectivity index (χ2n) is 9.63. The van der Waals surface area contributed by atoms with E-state index >= 15 is 0 Å². The molecule has 9 nitrogen and oxygen atoms in total. The molecule has 178 valence electrons. The fourth-order valence-electron chi connectivity index (χ4n) is 5.67. The molecular weight excluding hydrogens is 422 g/mol. The number of likely N-dealkylation sites (N-methyl/N-ethyl adjacent to an activating group) is 1. The molecule has 1 saturated heterocycles. The van der Waals surface area contributed by atoms with Gasteiger partial charge in [-0.2, -0.15) is 0 Å². The number of benzene rings is 1. The summed E-state index contributed by atoms with van der Waals surface area (Å²) in [4.78, 5) is 57.5. The van der Waals surface area contributed by atoms with Crippen molar-refractivity contribution in [1.29, 1.82) is 0 Å². The van der Waals surface area contributed by atoms with Gasteiger partial charge in [-0.05, 0) is 31.4 Å². The largest absolute Gasteiger partial charge is 0.359 e. The smallest absolute Gasteiger partial charge is 0.318 e. The van der Waals surface area contributed by atoms with Crippen molar-refractivity contribution in [1.82, 2.24) is 20.4 Å². The molecule has 1 saturated carbocycles. The summed E-state index contributed by atoms with van der Waals surface area (Å²) < 4.78 is 0. The Labute approximate surface area is 194 Å². The van der Waals surface area contributed by atoms with E-state index in [2.05, 4.69) is 10.6 Å². The Kier molecular flexibility index (Phi) is 6.07. The highest BCUT2D eigenvalue weighted by atomic mass is 16.2. The third-order valence-corrected chi connectivity index (χ3v) is 7.49. The molecule has 2 fully saturated rings. The summed E-state index contributed by atoms with van der Waals surface area (Å²) in [7, 11) is 4.86. The van der Waals surface area contributed by atoms with Gasteiger partial charge >= 0.3 is 6.03 Å². The van der Waals surface area contributed by atoms with Crippen molar-refractivity contribution in [3.63, 3.8) is 0 Å². The van der Waals surface area contributed by atoms with Crippen LogP contribution in [0.2, 0.25) is 0 Å². The molecule has 5 amide bonds. The molecule has 0 radical (unpaired) electrons. The molecule has 0 spiro atoms. The van der Waals surface area contributed by atoms with Gasteiger partial charge in [-0.3, -0.25) is 14.4 Å². The van der Waals surface area contributed by atoms with Crippen molar-refractivity contribution in [2.45, 2.75) is 50.1 Å². The molecule has 3 atom stereocenters. The quantitative estimate of drug-likeness (QED) is 0.714. The Bertz CT molecular complexity index is 973. The van der Waals surface area contributed by atoms with Crippen molar-refractivity contribution in [3.05, 3.63) is 29.8 Å². The standard InChI is InChI=1S/C24H33N5O4/c1-24-20(16-11-7-8-12-18(16)28(22(24)32)14-19(30)27(3)4)17(21(31)25-2)13-29(24)23(33)26-15-9-5-6-10-15/h7-8,11-12,15,17,20H,5-6,9-10,13-14H2,1-4H3,(H,25,31)(H,26,33)/t17-,20+,24-/m0/s1. The van der Waals surface area contributed by atoms with Crippen LogP contribution in [-0.2, 0) is 14.4 Å². The Morgan fingerprint density at radius 3 is 2.45 bits per heavy atom. The van der Waals surface area contributed by atoms with Crippen molar-refractivity contribution in [2.75, 3.05) is 39.1 Å². The summed E-state index contributed by atoms with van der Waals surface area (Å²) in [6, 6.07) is 7.13. The zero-order chi connectivity index (χ0) is 23.9. The topological polar surface area (TPSA) is 102 Å². The van der Waals surface area contributed by atoms with Crippen LogP contribution in [0.3, 0.4) is 0 Å². The molecule has 1 aromatic carbocycles. The third kappa shape index (κ3) is 3.73. The second kappa shape index (κ2) is 8.68. The zero-order valence-corrected chi connectivity index (χ0v) is 19.8. The summed E-state index contributed by atoms with van der Waals surface area (Å²) in [5.41, 5.74) is 0.129. The summed E-state index contributed by atoms with van der Waals surface area (Å²) >= 11 is 0. The minimum atomic E-state index is -1.29. The summed E-state index contributed by atoms with van der Waals surface area (Å²) in [6.07, 6.45) is 3.97. The van der Waals surface area contributed by atoms with E-state index in [1.54, 1.807) is 34.1 Å². The second-order valence-corrected chi connectivity index (χ2v) is 9.63. The third-order valence-electron chi connectivity index (χ3n) is 7.49. The number of rotatable bonds is 4. The number of urea groups is 1. The molecule has 1 aliphatic carbocycles. The van der Waals surface area contributed by atoms with Gasteiger partial charge in [-0.25, -0.2) is 4.79 Å². The highest BCUT2D eigenvalue weighted by molar-refractivity contribution is 6.09. The maximum atomic E-state index is 14.1. The average Bonchev–Trinajstić information content (AvgIpc) is 3.42. The Balaban J connectivity index is 1.79. The van der Waals surface area contributed by atoms with Gasteiger partial charge in [0.1, 0.15) is 12.1 Å². The molecule has 2 N–H and O–H groups in total. The van der Waals surface area contributed by atoms with Crippen molar-refractivity contribution >= 4 is 29.4 Å². The first-order chi connectivity index (χ1) is 15.7. The summed E-state index contributed by atoms with van der Waals surface area (Å²) in [5.74, 6) is -1.85. The van der Waals surface area contributed by atoms with Crippen LogP contribution >= 0.6 is 0 Å². The molecule has 0 bridgehead atoms. The lowest BCUT2D eigenvalue weighted by atomic mass is 9.71. The lowest BCUT2D eigenvalue weighted by Gasteiger charge is -2.46. The number of anilines is 1. The number of para-hydroxylation sites is 1. The molecule has 2 heterocycles. The Morgan fingerprint density at radius 2 is 1.82 bits per heavy atom. The number of fused-ring (bicyclic) bond motifs is 3. The van der Waals surface area contributed by atoms with Crippen LogP contribution in [0.1, 0.15) is 44.1 Å². The van der Waals surface area contributed by atoms with E-state index in [-0.39, 0.29) is 42.9 Å². The minimum absolute atomic E-state index is 0.0796. The maximum Gasteiger partial charge on any atom is 0.318 e. The molecule has 0 aromatic heterocycles. The van der Waals surface area contributed by atoms with Crippen molar-refractivity contribution in [2.24, 2.45) is 5.92 Å². The van der Waals surface area contributed by atoms with Crippen LogP contribution in [0.5, 0.6) is 0 Å². The van der Waals surface area contributed by atoms with Gasteiger partial charge in [0, 0.05) is 45.3 Å². The van der Waals surface area contributed by atoms with Gasteiger partial charge < -0.3 is 25.3 Å². The SMILES string of the molecule is CNC(=O)[C@H]1CN(C(=O)NC2CCCC2)[C@]2(C)C(=O)N(CC(=O)N(C)C)c3ccccc3[C@H]12. The van der Waals surface area contributed by atoms with E-state index in [1.807, 2.05) is 18.2 Å². The van der Waals surface area contributed by atoms with E-state index < -0.39 is 17.4 Å². The first-order valence-corrected chi connectivity index (χ1v) is 11.6. The lowest BCUT2D eigenvalue weighted by molar-refractivity contribution is -0.133. The molecular formula is C24H33N5O4. The van der Waals surface area contributed by atoms with Gasteiger partial charge in [0.15, 0.2) is 0 Å². The maximum absolute atomic E-state index is 14.1. The summed E-state index contributed by atoms with van der Waals surface area (Å²) in [5, 5.41) is 5.80. The van der Waals surface area contributed by atoms with Crippen LogP contribution in [-0.4, -0.2) is 79.4 Å². The van der Waals surface area contributed by atoms with Gasteiger partial charge in [-0.15, -0.1) is 0 Å². The first-order valence-electron chi connectivity index (χ1n) is 11.6. The van der Waals surface area contributed by atoms with Crippen LogP contribution in [0.4, 0.5) is 10.5 Å². The Morgan fingerprint density at radius 1 is 1.15 bits per heavy atom. The van der Waals surface area contributed by atoms with Gasteiger partial charge in [0.2, 0.25) is 11.8 Å². The number of hydrogen-bond donors (Lipinski definition) is 2. The van der Waals surface area contributed by atoms with E-state index in [9.17, 15) is 19.2 Å². The van der Waals surface area contributed by atoms with E-state index in [1.165, 1.54) is 14.7 Å². The molecule has 0 unspecified atom stereocenters. The number of likely N-dealkylation sites (tertiary alicyclic amines) is 1. The highest BCUT2D eigenvalue weighted by Crippen LogP contribution is 2.53. The highest BCUT2D eigenvalue weighted by Gasteiger charge is 2.63. The number of nitrogens with zero attached hydrogens (tertiary/aromatic N) is 3. The average molecular weight is 456 g/mol. The van der Waals surface area contributed by atoms with Gasteiger partial charge in [0.25, 0.3) is 5.91 Å². The zero-order valence-electron chi connectivity index (χ0n) is 19.8. The van der Waals surface area contributed by atoms with Crippen LogP contribution in [0, 0.1) is 5.92 Å². The molecule has 4 rings (SSSR count). The predicted octanol–water partition coefficient (Wildman–Crippen LogP) is 1.29. The van der Waals surface area contributed by atoms with Crippen LogP contribution in [0.15, 0.2) is 24.3 Å². The minimum Gasteiger partial charge on any atom is -0.359 e. The van der Waals surface area contributed by atoms with Crippen molar-refractivity contribution in [3.8, 4) is 0 Å². The fraction of sp³-hybridized carbons (Fsp3) is 0.583. The van der Waals surface area contributed by atoms with Gasteiger partial charge in [0.05, 0.1) is 5.92 Å². The molecule has 9 heteroatoms. The fourth-order valence-corrected chi connectivity index (χ4v) is 5.67.